The molecule has 1 aliphatic carbocycles. The highest BCUT2D eigenvalue weighted by molar-refractivity contribution is 5.75. The van der Waals surface area contributed by atoms with Crippen LogP contribution in [0.15, 0.2) is 0 Å². The van der Waals surface area contributed by atoms with Crippen LogP contribution in [0.4, 0.5) is 18.0 Å². The number of hydrogen-bond donors (Lipinski definition) is 2. The van der Waals surface area contributed by atoms with Crippen molar-refractivity contribution in [3.05, 3.63) is 0 Å². The van der Waals surface area contributed by atoms with Gasteiger partial charge in [-0.1, -0.05) is 0 Å². The lowest BCUT2D eigenvalue weighted by Gasteiger charge is -2.29. The van der Waals surface area contributed by atoms with Crippen molar-refractivity contribution in [1.29, 1.82) is 0 Å². The molecule has 0 unspecified atom stereocenters. The van der Waals surface area contributed by atoms with E-state index in [1.807, 2.05) is 0 Å². The van der Waals surface area contributed by atoms with E-state index >= 15 is 0 Å². The van der Waals surface area contributed by atoms with Gasteiger partial charge in [-0.25, -0.2) is 4.79 Å². The number of hydrogen-bond acceptors (Lipinski definition) is 2. The van der Waals surface area contributed by atoms with Gasteiger partial charge in [0.25, 0.3) is 0 Å². The van der Waals surface area contributed by atoms with E-state index in [0.717, 1.165) is 0 Å². The quantitative estimate of drug-likeness (QED) is 0.835. The molecule has 2 amide bonds. The van der Waals surface area contributed by atoms with Gasteiger partial charge in [0.15, 0.2) is 0 Å². The van der Waals surface area contributed by atoms with Crippen molar-refractivity contribution in [1.82, 2.24) is 10.2 Å². The number of carbonyl (C=O) groups excluding carboxylic acids is 1. The average Bonchev–Trinajstić information content (AvgIpc) is 2.72. The fourth-order valence-electron chi connectivity index (χ4n) is 2.28. The number of carboxylic acid groups (broad SMARTS) is 1. The molecule has 0 aromatic heterocycles. The minimum atomic E-state index is -4.46. The summed E-state index contributed by atoms with van der Waals surface area (Å²) in [5.74, 6) is -1.46. The highest BCUT2D eigenvalue weighted by atomic mass is 19.4. The number of carbonyl (C=O) groups is 2. The van der Waals surface area contributed by atoms with Gasteiger partial charge in [0.2, 0.25) is 0 Å². The van der Waals surface area contributed by atoms with Gasteiger partial charge in [-0.05, 0) is 33.1 Å². The van der Waals surface area contributed by atoms with Crippen LogP contribution in [0, 0.1) is 5.92 Å². The number of nitrogens with one attached hydrogen (secondary N) is 1. The molecule has 2 atom stereocenters. The molecule has 0 aromatic rings. The van der Waals surface area contributed by atoms with Crippen molar-refractivity contribution >= 4 is 12.0 Å². The summed E-state index contributed by atoms with van der Waals surface area (Å²) in [7, 11) is 0. The maximum atomic E-state index is 12.4. The second-order valence-electron chi connectivity index (χ2n) is 5.33. The van der Waals surface area contributed by atoms with Gasteiger partial charge in [-0.2, -0.15) is 13.2 Å². The SMILES string of the molecule is CC(C)N(CC(F)(F)F)C(=O)N[C@H]1CC[C@@H](C(=O)O)C1. The van der Waals surface area contributed by atoms with E-state index in [2.05, 4.69) is 5.32 Å². The van der Waals surface area contributed by atoms with Crippen LogP contribution in [0.1, 0.15) is 33.1 Å². The Hall–Kier alpha value is -1.47. The Morgan fingerprint density at radius 2 is 1.95 bits per heavy atom. The van der Waals surface area contributed by atoms with Gasteiger partial charge in [0.05, 0.1) is 5.92 Å². The van der Waals surface area contributed by atoms with Crippen LogP contribution in [0.3, 0.4) is 0 Å². The molecule has 116 valence electrons. The third-order valence-electron chi connectivity index (χ3n) is 3.34. The monoisotopic (exact) mass is 296 g/mol. The lowest BCUT2D eigenvalue weighted by Crippen LogP contribution is -2.50. The summed E-state index contributed by atoms with van der Waals surface area (Å²) in [6, 6.07) is -1.76. The molecule has 8 heteroatoms. The molecular weight excluding hydrogens is 277 g/mol. The molecule has 0 bridgehead atoms. The van der Waals surface area contributed by atoms with Crippen LogP contribution >= 0.6 is 0 Å². The molecule has 1 saturated carbocycles. The van der Waals surface area contributed by atoms with Gasteiger partial charge in [0.1, 0.15) is 6.54 Å². The standard InChI is InChI=1S/C12H19F3N2O3/c1-7(2)17(6-12(13,14)15)11(20)16-9-4-3-8(5-9)10(18)19/h7-9H,3-6H2,1-2H3,(H,16,20)(H,18,19)/t8-,9+/m1/s1. The average molecular weight is 296 g/mol. The Morgan fingerprint density at radius 1 is 1.35 bits per heavy atom. The summed E-state index contributed by atoms with van der Waals surface area (Å²) in [5, 5.41) is 11.3. The summed E-state index contributed by atoms with van der Waals surface area (Å²) in [6.07, 6.45) is -3.29. The second-order valence-corrected chi connectivity index (χ2v) is 5.33. The van der Waals surface area contributed by atoms with E-state index in [1.165, 1.54) is 13.8 Å². The third kappa shape index (κ3) is 4.90. The molecule has 1 fully saturated rings. The second kappa shape index (κ2) is 6.32. The van der Waals surface area contributed by atoms with Gasteiger partial charge >= 0.3 is 18.2 Å². The Kier molecular flexibility index (Phi) is 5.24. The summed E-state index contributed by atoms with van der Waals surface area (Å²) in [4.78, 5) is 23.4. The van der Waals surface area contributed by atoms with Crippen molar-refractivity contribution < 1.29 is 27.9 Å². The minimum absolute atomic E-state index is 0.263. The Balaban J connectivity index is 2.57. The Labute approximate surface area is 115 Å². The summed E-state index contributed by atoms with van der Waals surface area (Å²) < 4.78 is 37.2. The predicted octanol–water partition coefficient (Wildman–Crippen LogP) is 2.22. The molecule has 20 heavy (non-hydrogen) atoms. The van der Waals surface area contributed by atoms with Crippen molar-refractivity contribution in [2.45, 2.75) is 51.4 Å². The molecule has 0 saturated heterocycles. The van der Waals surface area contributed by atoms with Crippen LogP contribution in [0.25, 0.3) is 0 Å². The molecule has 0 spiro atoms. The molecule has 0 radical (unpaired) electrons. The lowest BCUT2D eigenvalue weighted by molar-refractivity contribution is -0.143. The van der Waals surface area contributed by atoms with Gasteiger partial charge in [-0.15, -0.1) is 0 Å². The van der Waals surface area contributed by atoms with Crippen LogP contribution in [0.5, 0.6) is 0 Å². The van der Waals surface area contributed by atoms with Crippen LogP contribution < -0.4 is 5.32 Å². The summed E-state index contributed by atoms with van der Waals surface area (Å²) in [5.41, 5.74) is 0. The van der Waals surface area contributed by atoms with Crippen molar-refractivity contribution in [3.8, 4) is 0 Å². The normalized spacial score (nSPS) is 22.9. The number of urea groups is 1. The van der Waals surface area contributed by atoms with Crippen LogP contribution in [-0.4, -0.2) is 46.8 Å². The number of carboxylic acids is 1. The van der Waals surface area contributed by atoms with Gasteiger partial charge in [-0.3, -0.25) is 4.79 Å². The molecule has 0 heterocycles. The lowest BCUT2D eigenvalue weighted by atomic mass is 10.1. The smallest absolute Gasteiger partial charge is 0.406 e. The Bertz CT molecular complexity index is 371. The third-order valence-corrected chi connectivity index (χ3v) is 3.34. The molecule has 1 rings (SSSR count). The first-order valence-electron chi connectivity index (χ1n) is 6.47. The predicted molar refractivity (Wildman–Crippen MR) is 65.2 cm³/mol. The zero-order valence-electron chi connectivity index (χ0n) is 11.4. The zero-order chi connectivity index (χ0) is 15.5. The first-order valence-corrected chi connectivity index (χ1v) is 6.47. The molecule has 1 aliphatic rings. The number of nitrogens with zero attached hydrogens (tertiary/aromatic N) is 1. The number of alkyl halides is 3. The van der Waals surface area contributed by atoms with Crippen molar-refractivity contribution in [2.75, 3.05) is 6.54 Å². The van der Waals surface area contributed by atoms with E-state index in [0.29, 0.717) is 17.7 Å². The number of halogens is 3. The van der Waals surface area contributed by atoms with E-state index in [4.69, 9.17) is 5.11 Å². The number of amides is 2. The number of aliphatic carboxylic acids is 1. The van der Waals surface area contributed by atoms with Crippen LogP contribution in [-0.2, 0) is 4.79 Å². The maximum absolute atomic E-state index is 12.4. The molecule has 0 aromatic carbocycles. The van der Waals surface area contributed by atoms with E-state index < -0.39 is 36.7 Å². The van der Waals surface area contributed by atoms with E-state index in [-0.39, 0.29) is 12.5 Å². The van der Waals surface area contributed by atoms with Crippen molar-refractivity contribution in [2.24, 2.45) is 5.92 Å². The highest BCUT2D eigenvalue weighted by Crippen LogP contribution is 2.26. The van der Waals surface area contributed by atoms with E-state index in [9.17, 15) is 22.8 Å². The fourth-order valence-corrected chi connectivity index (χ4v) is 2.28. The molecule has 2 N–H and O–H groups in total. The molecule has 0 aliphatic heterocycles. The van der Waals surface area contributed by atoms with Gasteiger partial charge < -0.3 is 15.3 Å². The first kappa shape index (κ1) is 16.6. The highest BCUT2D eigenvalue weighted by Gasteiger charge is 2.36. The summed E-state index contributed by atoms with van der Waals surface area (Å²) in [6.45, 7) is 1.69. The molecule has 5 nitrogen and oxygen atoms in total. The maximum Gasteiger partial charge on any atom is 0.406 e. The molecular formula is C12H19F3N2O3. The largest absolute Gasteiger partial charge is 0.481 e. The minimum Gasteiger partial charge on any atom is -0.481 e. The number of rotatable bonds is 4. The summed E-state index contributed by atoms with van der Waals surface area (Å²) >= 11 is 0. The van der Waals surface area contributed by atoms with Crippen molar-refractivity contribution in [3.63, 3.8) is 0 Å². The Morgan fingerprint density at radius 3 is 2.35 bits per heavy atom. The van der Waals surface area contributed by atoms with E-state index in [1.54, 1.807) is 0 Å². The zero-order valence-corrected chi connectivity index (χ0v) is 11.4. The topological polar surface area (TPSA) is 69.6 Å². The van der Waals surface area contributed by atoms with Gasteiger partial charge in [0, 0.05) is 12.1 Å². The fraction of sp³-hybridized carbons (Fsp3) is 0.833. The first-order chi connectivity index (χ1) is 9.10. The van der Waals surface area contributed by atoms with Crippen LogP contribution in [0.2, 0.25) is 0 Å².